The third-order valence-electron chi connectivity index (χ3n) is 10.8. The first-order valence-electron chi connectivity index (χ1n) is 17.6. The minimum Gasteiger partial charge on any atom is -0.456 e. The topological polar surface area (TPSA) is 13.1 Å². The Labute approximate surface area is 294 Å². The monoisotopic (exact) mass is 646 g/mol. The van der Waals surface area contributed by atoms with E-state index in [0.29, 0.717) is 0 Å². The minimum atomic E-state index is 0.911. The molecule has 0 radical (unpaired) electrons. The summed E-state index contributed by atoms with van der Waals surface area (Å²) >= 11 is 0. The van der Waals surface area contributed by atoms with Crippen LogP contribution in [0.5, 0.6) is 0 Å². The average Bonchev–Trinajstić information content (AvgIpc) is 3.58. The molecule has 0 atom stereocenters. The van der Waals surface area contributed by atoms with Crippen LogP contribution in [0.3, 0.4) is 0 Å². The van der Waals surface area contributed by atoms with Crippen LogP contribution in [0, 0.1) is 0 Å². The number of furan rings is 1. The minimum absolute atomic E-state index is 0.911. The van der Waals surface area contributed by atoms with Crippen molar-refractivity contribution in [2.45, 2.75) is 0 Å². The molecule has 51 heavy (non-hydrogen) atoms. The first-order valence-corrected chi connectivity index (χ1v) is 17.6. The molecule has 1 heteroatoms. The smallest absolute Gasteiger partial charge is 0.136 e. The Morgan fingerprint density at radius 3 is 1.31 bits per heavy atom. The Morgan fingerprint density at radius 2 is 0.686 bits per heavy atom. The van der Waals surface area contributed by atoms with Crippen molar-refractivity contribution >= 4 is 75.8 Å². The van der Waals surface area contributed by atoms with Gasteiger partial charge in [-0.3, -0.25) is 0 Å². The molecule has 0 saturated carbocycles. The molecule has 236 valence electrons. The van der Waals surface area contributed by atoms with Gasteiger partial charge in [0.05, 0.1) is 0 Å². The fraction of sp³-hybridized carbons (Fsp3) is 0. The predicted molar refractivity (Wildman–Crippen MR) is 218 cm³/mol. The van der Waals surface area contributed by atoms with Gasteiger partial charge in [0.1, 0.15) is 11.2 Å². The quantitative estimate of drug-likeness (QED) is 0.174. The zero-order valence-electron chi connectivity index (χ0n) is 27.7. The molecular formula is C50H30O. The van der Waals surface area contributed by atoms with Crippen molar-refractivity contribution in [3.05, 3.63) is 182 Å². The molecule has 10 aromatic carbocycles. The Balaban J connectivity index is 1.09. The van der Waals surface area contributed by atoms with Crippen LogP contribution in [0.25, 0.3) is 109 Å². The first-order chi connectivity index (χ1) is 25.3. The Kier molecular flexibility index (Phi) is 6.02. The van der Waals surface area contributed by atoms with Crippen molar-refractivity contribution in [2.75, 3.05) is 0 Å². The largest absolute Gasteiger partial charge is 0.456 e. The van der Waals surface area contributed by atoms with E-state index in [-0.39, 0.29) is 0 Å². The zero-order chi connectivity index (χ0) is 33.5. The molecule has 0 saturated heterocycles. The molecule has 0 N–H and O–H groups in total. The molecule has 1 aromatic heterocycles. The van der Waals surface area contributed by atoms with Gasteiger partial charge in [-0.05, 0) is 124 Å². The van der Waals surface area contributed by atoms with E-state index in [4.69, 9.17) is 4.42 Å². The highest BCUT2D eigenvalue weighted by atomic mass is 16.3. The molecule has 0 spiro atoms. The molecule has 11 aromatic rings. The maximum Gasteiger partial charge on any atom is 0.136 e. The Bertz CT molecular complexity index is 3140. The second-order valence-electron chi connectivity index (χ2n) is 13.7. The summed E-state index contributed by atoms with van der Waals surface area (Å²) in [5.74, 6) is 0. The van der Waals surface area contributed by atoms with E-state index >= 15 is 0 Å². The molecule has 1 nitrogen and oxygen atoms in total. The molecule has 0 unspecified atom stereocenters. The van der Waals surface area contributed by atoms with Crippen LogP contribution in [-0.2, 0) is 0 Å². The summed E-state index contributed by atoms with van der Waals surface area (Å²) in [4.78, 5) is 0. The summed E-state index contributed by atoms with van der Waals surface area (Å²) in [6.07, 6.45) is 0. The molecule has 0 aliphatic carbocycles. The molecule has 0 bridgehead atoms. The summed E-state index contributed by atoms with van der Waals surface area (Å²) in [7, 11) is 0. The summed E-state index contributed by atoms with van der Waals surface area (Å²) in [5.41, 5.74) is 9.18. The fourth-order valence-electron chi connectivity index (χ4n) is 8.40. The van der Waals surface area contributed by atoms with Crippen molar-refractivity contribution in [3.63, 3.8) is 0 Å². The first kappa shape index (κ1) is 28.2. The van der Waals surface area contributed by atoms with E-state index in [0.717, 1.165) is 22.1 Å². The Morgan fingerprint density at radius 1 is 0.255 bits per heavy atom. The maximum absolute atomic E-state index is 6.52. The van der Waals surface area contributed by atoms with Crippen LogP contribution in [0.2, 0.25) is 0 Å². The number of hydrogen-bond donors (Lipinski definition) is 0. The molecule has 11 rings (SSSR count). The third kappa shape index (κ3) is 4.35. The molecule has 0 amide bonds. The van der Waals surface area contributed by atoms with E-state index in [1.807, 2.05) is 0 Å². The van der Waals surface area contributed by atoms with Crippen molar-refractivity contribution < 1.29 is 4.42 Å². The number of benzene rings is 10. The van der Waals surface area contributed by atoms with Gasteiger partial charge in [-0.1, -0.05) is 146 Å². The second kappa shape index (κ2) is 10.9. The van der Waals surface area contributed by atoms with Gasteiger partial charge >= 0.3 is 0 Å². The SMILES string of the molecule is c1ccc2cc(-c3ccc4c(c3)oc3ccc5cc(-c6c7ccccc7c(-c7ccc8ccccc8c7)c7ccccc67)ccc5c34)ccc2c1. The summed E-state index contributed by atoms with van der Waals surface area (Å²) in [5, 5.41) is 14.8. The molecule has 0 fully saturated rings. The lowest BCUT2D eigenvalue weighted by atomic mass is 9.85. The standard InChI is InChI=1S/C50H30O/c1-3-11-33-27-35(19-17-31(33)9-1)36-21-25-45-47(30-36)51-46-26-23-37-29-39(22-24-40(37)50(45)46)49-43-15-7-5-13-41(43)48(42-14-6-8-16-44(42)49)38-20-18-32-10-2-4-12-34(32)28-38/h1-30H. The van der Waals surface area contributed by atoms with Crippen LogP contribution in [0.4, 0.5) is 0 Å². The predicted octanol–water partition coefficient (Wildman–Crippen LogP) is 14.4. The highest BCUT2D eigenvalue weighted by Crippen LogP contribution is 2.45. The second-order valence-corrected chi connectivity index (χ2v) is 13.7. The van der Waals surface area contributed by atoms with E-state index in [2.05, 4.69) is 182 Å². The average molecular weight is 647 g/mol. The van der Waals surface area contributed by atoms with Gasteiger partial charge in [0.2, 0.25) is 0 Å². The van der Waals surface area contributed by atoms with Crippen LogP contribution in [-0.4, -0.2) is 0 Å². The highest BCUT2D eigenvalue weighted by molar-refractivity contribution is 6.23. The summed E-state index contributed by atoms with van der Waals surface area (Å²) < 4.78 is 6.52. The lowest BCUT2D eigenvalue weighted by Crippen LogP contribution is -1.91. The normalized spacial score (nSPS) is 11.9. The number of hydrogen-bond acceptors (Lipinski definition) is 1. The van der Waals surface area contributed by atoms with Gasteiger partial charge in [-0.25, -0.2) is 0 Å². The molecule has 0 aliphatic rings. The molecule has 0 aliphatic heterocycles. The van der Waals surface area contributed by atoms with Crippen molar-refractivity contribution in [2.24, 2.45) is 0 Å². The van der Waals surface area contributed by atoms with Gasteiger partial charge in [0.15, 0.2) is 0 Å². The molecular weight excluding hydrogens is 617 g/mol. The van der Waals surface area contributed by atoms with E-state index in [1.165, 1.54) is 87.1 Å². The molecule has 1 heterocycles. The van der Waals surface area contributed by atoms with E-state index < -0.39 is 0 Å². The van der Waals surface area contributed by atoms with Gasteiger partial charge < -0.3 is 4.42 Å². The van der Waals surface area contributed by atoms with E-state index in [9.17, 15) is 0 Å². The summed E-state index contributed by atoms with van der Waals surface area (Å²) in [6, 6.07) is 66.4. The highest BCUT2D eigenvalue weighted by Gasteiger charge is 2.18. The van der Waals surface area contributed by atoms with E-state index in [1.54, 1.807) is 0 Å². The summed E-state index contributed by atoms with van der Waals surface area (Å²) in [6.45, 7) is 0. The van der Waals surface area contributed by atoms with Gasteiger partial charge in [-0.15, -0.1) is 0 Å². The van der Waals surface area contributed by atoms with Gasteiger partial charge in [0, 0.05) is 10.8 Å². The fourth-order valence-corrected chi connectivity index (χ4v) is 8.40. The van der Waals surface area contributed by atoms with Crippen molar-refractivity contribution in [3.8, 4) is 33.4 Å². The van der Waals surface area contributed by atoms with Crippen LogP contribution < -0.4 is 0 Å². The zero-order valence-corrected chi connectivity index (χ0v) is 27.7. The van der Waals surface area contributed by atoms with Gasteiger partial charge in [0.25, 0.3) is 0 Å². The maximum atomic E-state index is 6.52. The van der Waals surface area contributed by atoms with Crippen LogP contribution in [0.1, 0.15) is 0 Å². The van der Waals surface area contributed by atoms with Crippen molar-refractivity contribution in [1.82, 2.24) is 0 Å². The third-order valence-corrected chi connectivity index (χ3v) is 10.8. The lowest BCUT2D eigenvalue weighted by molar-refractivity contribution is 0.669. The van der Waals surface area contributed by atoms with Crippen LogP contribution >= 0.6 is 0 Å². The Hall–Kier alpha value is -6.70. The number of rotatable bonds is 3. The van der Waals surface area contributed by atoms with Gasteiger partial charge in [-0.2, -0.15) is 0 Å². The number of fused-ring (bicyclic) bond motifs is 9. The van der Waals surface area contributed by atoms with Crippen LogP contribution in [0.15, 0.2) is 186 Å². The van der Waals surface area contributed by atoms with Crippen molar-refractivity contribution in [1.29, 1.82) is 0 Å². The lowest BCUT2D eigenvalue weighted by Gasteiger charge is -2.18.